The molecule has 8 atom stereocenters. The summed E-state index contributed by atoms with van der Waals surface area (Å²) in [5.41, 5.74) is -1.03. The molecule has 3 fully saturated rings. The van der Waals surface area contributed by atoms with E-state index in [0.717, 1.165) is 56.9 Å². The average molecular weight is 622 g/mol. The van der Waals surface area contributed by atoms with Crippen LogP contribution in [0.5, 0.6) is 0 Å². The van der Waals surface area contributed by atoms with Crippen molar-refractivity contribution in [3.8, 4) is 6.07 Å². The van der Waals surface area contributed by atoms with E-state index in [1.165, 1.54) is 12.8 Å². The lowest BCUT2D eigenvalue weighted by Gasteiger charge is -2.74. The van der Waals surface area contributed by atoms with Gasteiger partial charge in [0.25, 0.3) is 0 Å². The number of hydrogen-bond acceptors (Lipinski definition) is 3. The molecule has 0 aromatic rings. The van der Waals surface area contributed by atoms with Gasteiger partial charge in [0.05, 0.1) is 5.57 Å². The minimum atomic E-state index is -0.808. The molecule has 0 radical (unpaired) electrons. The lowest BCUT2D eigenvalue weighted by Crippen LogP contribution is -2.69. The first kappa shape index (κ1) is 34.6. The van der Waals surface area contributed by atoms with E-state index in [0.29, 0.717) is 5.92 Å². The van der Waals surface area contributed by atoms with Gasteiger partial charge in [-0.2, -0.15) is 5.26 Å². The molecule has 5 rings (SSSR count). The van der Waals surface area contributed by atoms with Crippen LogP contribution in [0.15, 0.2) is 73.4 Å². The highest BCUT2D eigenvalue weighted by atomic mass is 16.1. The van der Waals surface area contributed by atoms with Crippen molar-refractivity contribution in [3.63, 3.8) is 0 Å². The summed E-state index contributed by atoms with van der Waals surface area (Å²) >= 11 is 0. The lowest BCUT2D eigenvalue weighted by molar-refractivity contribution is -0.211. The first-order chi connectivity index (χ1) is 21.3. The third-order valence-electron chi connectivity index (χ3n) is 15.5. The largest absolute Gasteiger partial charge is 0.295 e. The van der Waals surface area contributed by atoms with E-state index in [1.807, 2.05) is 44.2 Å². The highest BCUT2D eigenvalue weighted by molar-refractivity contribution is 6.05. The summed E-state index contributed by atoms with van der Waals surface area (Å²) in [6, 6.07) is 2.24. The van der Waals surface area contributed by atoms with Crippen LogP contribution in [0.25, 0.3) is 0 Å². The second-order valence-electron chi connectivity index (χ2n) is 18.1. The first-order valence-electron chi connectivity index (χ1n) is 17.8. The van der Waals surface area contributed by atoms with Gasteiger partial charge < -0.3 is 0 Å². The van der Waals surface area contributed by atoms with Crippen LogP contribution in [-0.4, -0.2) is 11.6 Å². The monoisotopic (exact) mass is 621 g/mol. The SMILES string of the molecule is C=C/C=C\C(C=C)CCC[C@]12CCC(C)(C)C[C@@]1(C)[C@H]1C(=O)C=C3[C@@]4(C)C=C(C#N)C(=O)C(C)(C)[C@]4(C=C)CC[C@@]3(C)[C@]1(C)CC2. The maximum Gasteiger partial charge on any atom is 0.179 e. The number of allylic oxidation sites excluding steroid dienone is 9. The molecule has 3 nitrogen and oxygen atoms in total. The maximum absolute atomic E-state index is 15.1. The normalized spacial score (nSPS) is 43.1. The minimum absolute atomic E-state index is 0.0737. The maximum atomic E-state index is 15.1. The number of ketones is 2. The fourth-order valence-electron chi connectivity index (χ4n) is 12.7. The Hall–Kier alpha value is -2.73. The Morgan fingerprint density at radius 1 is 0.935 bits per heavy atom. The van der Waals surface area contributed by atoms with Gasteiger partial charge in [-0.3, -0.25) is 9.59 Å². The summed E-state index contributed by atoms with van der Waals surface area (Å²) in [6.45, 7) is 30.6. The van der Waals surface area contributed by atoms with Crippen LogP contribution in [0.2, 0.25) is 0 Å². The third kappa shape index (κ3) is 4.26. The zero-order valence-electron chi connectivity index (χ0n) is 30.2. The molecule has 5 aliphatic carbocycles. The van der Waals surface area contributed by atoms with Crippen molar-refractivity contribution < 1.29 is 9.59 Å². The molecule has 0 amide bonds. The Balaban J connectivity index is 1.65. The number of carbonyl (C=O) groups is 2. The minimum Gasteiger partial charge on any atom is -0.295 e. The number of hydrogen-bond donors (Lipinski definition) is 0. The number of rotatable bonds is 8. The van der Waals surface area contributed by atoms with Crippen molar-refractivity contribution in [3.05, 3.63) is 73.4 Å². The second-order valence-corrected chi connectivity index (χ2v) is 18.1. The zero-order valence-corrected chi connectivity index (χ0v) is 30.2. The molecule has 0 heterocycles. The summed E-state index contributed by atoms with van der Waals surface area (Å²) in [7, 11) is 0. The molecule has 0 saturated heterocycles. The van der Waals surface area contributed by atoms with Gasteiger partial charge in [-0.25, -0.2) is 0 Å². The molecule has 0 spiro atoms. The Kier molecular flexibility index (Phi) is 8.20. The van der Waals surface area contributed by atoms with Gasteiger partial charge >= 0.3 is 0 Å². The van der Waals surface area contributed by atoms with Gasteiger partial charge in [0.2, 0.25) is 0 Å². The number of carbonyl (C=O) groups excluding carboxylic acids is 2. The van der Waals surface area contributed by atoms with Crippen molar-refractivity contribution in [2.45, 2.75) is 120 Å². The van der Waals surface area contributed by atoms with Gasteiger partial charge in [-0.15, -0.1) is 13.2 Å². The van der Waals surface area contributed by atoms with Crippen LogP contribution < -0.4 is 0 Å². The number of Topliss-reactive ketones (excluding diaryl/α,β-unsaturated/α-hetero) is 1. The Labute approximate surface area is 280 Å². The van der Waals surface area contributed by atoms with Gasteiger partial charge in [-0.05, 0) is 102 Å². The standard InChI is InChI=1S/C43H59NO2/c1-12-15-17-30(13-2)18-16-19-42-23-20-36(4,5)29-41(42,11)34-32(45)26-33-38(8,39(34,9)21-24-42)22-25-43(14-3)37(6,7)35(46)31(28-44)27-40(33,43)10/h12-15,17,26-27,30,34H,1-3,16,18-25,29H2,4-11H3/b17-15-/t30?,34-,38+,39+,40+,41-,42+,43-/m0/s1. The zero-order chi connectivity index (χ0) is 34.2. The van der Waals surface area contributed by atoms with Gasteiger partial charge in [0, 0.05) is 22.2 Å². The molecular formula is C43H59NO2. The molecule has 5 aliphatic rings. The highest BCUT2D eigenvalue weighted by Gasteiger charge is 2.75. The predicted octanol–water partition coefficient (Wildman–Crippen LogP) is 10.9. The molecule has 0 aliphatic heterocycles. The van der Waals surface area contributed by atoms with E-state index in [9.17, 15) is 10.1 Å². The van der Waals surface area contributed by atoms with Crippen molar-refractivity contribution in [2.24, 2.45) is 55.2 Å². The Morgan fingerprint density at radius 2 is 1.61 bits per heavy atom. The molecule has 0 N–H and O–H groups in total. The van der Waals surface area contributed by atoms with Crippen LogP contribution in [0, 0.1) is 66.5 Å². The first-order valence-corrected chi connectivity index (χ1v) is 17.8. The fourth-order valence-corrected chi connectivity index (χ4v) is 12.7. The highest BCUT2D eigenvalue weighted by Crippen LogP contribution is 2.80. The van der Waals surface area contributed by atoms with E-state index in [2.05, 4.69) is 79.5 Å². The van der Waals surface area contributed by atoms with Crippen LogP contribution in [0.3, 0.4) is 0 Å². The molecule has 46 heavy (non-hydrogen) atoms. The molecule has 3 saturated carbocycles. The van der Waals surface area contributed by atoms with E-state index in [1.54, 1.807) is 0 Å². The number of fused-ring (bicyclic) bond motifs is 7. The molecule has 0 aromatic heterocycles. The van der Waals surface area contributed by atoms with Gasteiger partial charge in [-0.1, -0.05) is 105 Å². The summed E-state index contributed by atoms with van der Waals surface area (Å²) in [5.74, 6) is 0.414. The van der Waals surface area contributed by atoms with E-state index in [4.69, 9.17) is 0 Å². The van der Waals surface area contributed by atoms with Crippen LogP contribution in [-0.2, 0) is 9.59 Å². The van der Waals surface area contributed by atoms with Crippen molar-refractivity contribution >= 4 is 11.6 Å². The topological polar surface area (TPSA) is 57.9 Å². The van der Waals surface area contributed by atoms with E-state index >= 15 is 4.79 Å². The van der Waals surface area contributed by atoms with Crippen molar-refractivity contribution in [1.29, 1.82) is 5.26 Å². The predicted molar refractivity (Wildman–Crippen MR) is 190 cm³/mol. The summed E-state index contributed by atoms with van der Waals surface area (Å²) in [6.07, 6.45) is 24.7. The van der Waals surface area contributed by atoms with Gasteiger partial charge in [0.15, 0.2) is 11.6 Å². The van der Waals surface area contributed by atoms with Gasteiger partial charge in [0.1, 0.15) is 6.07 Å². The molecule has 0 aromatic carbocycles. The third-order valence-corrected chi connectivity index (χ3v) is 15.5. The van der Waals surface area contributed by atoms with Crippen LogP contribution in [0.1, 0.15) is 120 Å². The molecule has 1 unspecified atom stereocenters. The van der Waals surface area contributed by atoms with Crippen LogP contribution in [0.4, 0.5) is 0 Å². The smallest absolute Gasteiger partial charge is 0.179 e. The summed E-state index contributed by atoms with van der Waals surface area (Å²) < 4.78 is 0. The van der Waals surface area contributed by atoms with Crippen molar-refractivity contribution in [2.75, 3.05) is 0 Å². The summed E-state index contributed by atoms with van der Waals surface area (Å²) in [5, 5.41) is 10.1. The average Bonchev–Trinajstić information content (AvgIpc) is 2.98. The van der Waals surface area contributed by atoms with E-state index in [-0.39, 0.29) is 50.1 Å². The number of nitrogens with zero attached hydrogens (tertiary/aromatic N) is 1. The Bertz CT molecular complexity index is 1500. The lowest BCUT2D eigenvalue weighted by atomic mass is 9.29. The second kappa shape index (κ2) is 10.9. The molecule has 248 valence electrons. The summed E-state index contributed by atoms with van der Waals surface area (Å²) in [4.78, 5) is 28.8. The quantitative estimate of drug-likeness (QED) is 0.200. The molecule has 0 bridgehead atoms. The Morgan fingerprint density at radius 3 is 2.22 bits per heavy atom. The molecule has 3 heteroatoms. The fraction of sp³-hybridized carbons (Fsp3) is 0.651. The van der Waals surface area contributed by atoms with Crippen molar-refractivity contribution in [1.82, 2.24) is 0 Å². The molecular weight excluding hydrogens is 562 g/mol. The van der Waals surface area contributed by atoms with Crippen LogP contribution >= 0.6 is 0 Å². The number of nitriles is 1. The van der Waals surface area contributed by atoms with E-state index < -0.39 is 16.2 Å².